The Bertz CT molecular complexity index is 442. The molecule has 0 unspecified atom stereocenters. The van der Waals surface area contributed by atoms with E-state index in [1.807, 2.05) is 13.0 Å². The van der Waals surface area contributed by atoms with Crippen LogP contribution in [0.25, 0.3) is 0 Å². The zero-order valence-electron chi connectivity index (χ0n) is 9.84. The molecule has 2 heterocycles. The quantitative estimate of drug-likeness (QED) is 0.717. The molecule has 0 atom stereocenters. The minimum Gasteiger partial charge on any atom is -0.251 e. The van der Waals surface area contributed by atoms with Crippen molar-refractivity contribution in [2.45, 2.75) is 25.2 Å². The van der Waals surface area contributed by atoms with Gasteiger partial charge in [0.1, 0.15) is 0 Å². The largest absolute Gasteiger partial charge is 0.251 e. The maximum absolute atomic E-state index is 12.0. The van der Waals surface area contributed by atoms with Crippen LogP contribution in [0.5, 0.6) is 0 Å². The number of hydrogen-bond acceptors (Lipinski definition) is 6. The molecular formula is C9H13FN8. The molecule has 2 N–H and O–H groups in total. The second-order valence-corrected chi connectivity index (χ2v) is 3.98. The minimum absolute atomic E-state index is 0.374. The average molecular weight is 252 g/mol. The van der Waals surface area contributed by atoms with Gasteiger partial charge in [0, 0.05) is 0 Å². The number of tetrazole rings is 2. The lowest BCUT2D eigenvalue weighted by atomic mass is 9.85. The Morgan fingerprint density at radius 2 is 1.72 bits per heavy atom. The molecule has 18 heavy (non-hydrogen) atoms. The van der Waals surface area contributed by atoms with Gasteiger partial charge in [-0.25, -0.2) is 10.2 Å². The first-order valence-electron chi connectivity index (χ1n) is 5.47. The number of allylic oxidation sites excluding steroid dienone is 2. The van der Waals surface area contributed by atoms with Crippen molar-refractivity contribution < 1.29 is 4.39 Å². The average Bonchev–Trinajstić information content (AvgIpc) is 3.05. The Kier molecular flexibility index (Phi) is 3.70. The maximum Gasteiger partial charge on any atom is 0.162 e. The third kappa shape index (κ3) is 2.39. The summed E-state index contributed by atoms with van der Waals surface area (Å²) in [5.74, 6) is 1.09. The number of halogens is 1. The summed E-state index contributed by atoms with van der Waals surface area (Å²) in [6, 6.07) is 0. The molecule has 2 aromatic heterocycles. The fraction of sp³-hybridized carbons (Fsp3) is 0.556. The highest BCUT2D eigenvalue weighted by molar-refractivity contribution is 5.19. The van der Waals surface area contributed by atoms with Gasteiger partial charge in [0.15, 0.2) is 11.6 Å². The van der Waals surface area contributed by atoms with Gasteiger partial charge < -0.3 is 0 Å². The Labute approximate surface area is 102 Å². The summed E-state index contributed by atoms with van der Waals surface area (Å²) in [6.07, 6.45) is 4.58. The first kappa shape index (κ1) is 12.3. The van der Waals surface area contributed by atoms with Gasteiger partial charge >= 0.3 is 0 Å². The number of aromatic nitrogens is 8. The number of hydrogen-bond donors (Lipinski definition) is 2. The molecule has 0 radical (unpaired) electrons. The van der Waals surface area contributed by atoms with Crippen LogP contribution in [0.15, 0.2) is 12.2 Å². The predicted octanol–water partition coefficient (Wildman–Crippen LogP) is 0.325. The second kappa shape index (κ2) is 5.43. The first-order valence-corrected chi connectivity index (χ1v) is 5.47. The molecular weight excluding hydrogens is 239 g/mol. The number of H-pyrrole nitrogens is 2. The van der Waals surface area contributed by atoms with Gasteiger partial charge in [-0.3, -0.25) is 4.39 Å². The summed E-state index contributed by atoms with van der Waals surface area (Å²) < 4.78 is 12.0. The van der Waals surface area contributed by atoms with Gasteiger partial charge in [-0.2, -0.15) is 0 Å². The Hall–Kier alpha value is -2.19. The molecule has 0 aromatic carbocycles. The summed E-state index contributed by atoms with van der Waals surface area (Å²) in [4.78, 5) is 0. The van der Waals surface area contributed by atoms with E-state index >= 15 is 0 Å². The van der Waals surface area contributed by atoms with E-state index < -0.39 is 5.41 Å². The van der Waals surface area contributed by atoms with E-state index in [0.29, 0.717) is 24.5 Å². The van der Waals surface area contributed by atoms with E-state index in [0.717, 1.165) is 0 Å². The number of nitrogens with one attached hydrogen (secondary N) is 2. The van der Waals surface area contributed by atoms with Crippen molar-refractivity contribution in [3.05, 3.63) is 23.8 Å². The molecule has 2 aromatic rings. The zero-order valence-corrected chi connectivity index (χ0v) is 9.84. The molecule has 0 fully saturated rings. The molecule has 0 spiro atoms. The summed E-state index contributed by atoms with van der Waals surface area (Å²) in [7, 11) is 0. The second-order valence-electron chi connectivity index (χ2n) is 3.98. The molecule has 0 saturated heterocycles. The highest BCUT2D eigenvalue weighted by Gasteiger charge is 2.35. The van der Waals surface area contributed by atoms with Crippen LogP contribution >= 0.6 is 0 Å². The molecule has 0 aliphatic heterocycles. The van der Waals surface area contributed by atoms with Crippen molar-refractivity contribution in [3.8, 4) is 0 Å². The van der Waals surface area contributed by atoms with E-state index in [4.69, 9.17) is 0 Å². The van der Waals surface area contributed by atoms with Gasteiger partial charge in [-0.1, -0.05) is 12.2 Å². The summed E-state index contributed by atoms with van der Waals surface area (Å²) >= 11 is 0. The topological polar surface area (TPSA) is 109 Å². The monoisotopic (exact) mass is 252 g/mol. The van der Waals surface area contributed by atoms with Crippen LogP contribution in [0, 0.1) is 0 Å². The van der Waals surface area contributed by atoms with E-state index in [1.54, 1.807) is 6.08 Å². The lowest BCUT2D eigenvalue weighted by Crippen LogP contribution is -2.26. The normalized spacial score (nSPS) is 12.3. The molecule has 8 nitrogen and oxygen atoms in total. The molecule has 0 amide bonds. The number of rotatable bonds is 6. The van der Waals surface area contributed by atoms with Crippen LogP contribution < -0.4 is 0 Å². The highest BCUT2D eigenvalue weighted by Crippen LogP contribution is 2.29. The number of nitrogens with zero attached hydrogens (tertiary/aromatic N) is 6. The third-order valence-corrected chi connectivity index (χ3v) is 2.70. The molecule has 0 aliphatic rings. The molecule has 0 saturated carbocycles. The van der Waals surface area contributed by atoms with Crippen molar-refractivity contribution in [3.63, 3.8) is 0 Å². The van der Waals surface area contributed by atoms with Crippen molar-refractivity contribution in [2.75, 3.05) is 6.67 Å². The van der Waals surface area contributed by atoms with Crippen LogP contribution in [0.4, 0.5) is 4.39 Å². The van der Waals surface area contributed by atoms with E-state index in [9.17, 15) is 4.39 Å². The number of alkyl halides is 1. The van der Waals surface area contributed by atoms with Gasteiger partial charge in [0.2, 0.25) is 0 Å². The van der Waals surface area contributed by atoms with Crippen LogP contribution in [0.2, 0.25) is 0 Å². The summed E-state index contributed by atoms with van der Waals surface area (Å²) in [6.45, 7) is 1.53. The fourth-order valence-electron chi connectivity index (χ4n) is 1.59. The lowest BCUT2D eigenvalue weighted by molar-refractivity contribution is 0.493. The summed E-state index contributed by atoms with van der Waals surface area (Å²) in [5.41, 5.74) is -0.597. The highest BCUT2D eigenvalue weighted by atomic mass is 19.1. The third-order valence-electron chi connectivity index (χ3n) is 2.70. The molecule has 9 heteroatoms. The van der Waals surface area contributed by atoms with Crippen molar-refractivity contribution in [1.29, 1.82) is 0 Å². The smallest absolute Gasteiger partial charge is 0.162 e. The zero-order chi connectivity index (χ0) is 12.8. The SMILES string of the molecule is CC(CC=CCCF)(c1nnn[nH]1)c1nnn[nH]1. The number of aromatic amines is 2. The molecule has 0 aliphatic carbocycles. The van der Waals surface area contributed by atoms with Gasteiger partial charge in [-0.05, 0) is 40.6 Å². The van der Waals surface area contributed by atoms with Crippen LogP contribution in [0.1, 0.15) is 31.4 Å². The fourth-order valence-corrected chi connectivity index (χ4v) is 1.59. The maximum atomic E-state index is 12.0. The lowest BCUT2D eigenvalue weighted by Gasteiger charge is -2.21. The predicted molar refractivity (Wildman–Crippen MR) is 59.2 cm³/mol. The van der Waals surface area contributed by atoms with Gasteiger partial charge in [0.25, 0.3) is 0 Å². The molecule has 2 rings (SSSR count). The van der Waals surface area contributed by atoms with Crippen molar-refractivity contribution in [1.82, 2.24) is 41.2 Å². The van der Waals surface area contributed by atoms with Crippen molar-refractivity contribution >= 4 is 0 Å². The molecule has 0 bridgehead atoms. The Balaban J connectivity index is 2.24. The van der Waals surface area contributed by atoms with E-state index in [2.05, 4.69) is 41.2 Å². The minimum atomic E-state index is -0.597. The van der Waals surface area contributed by atoms with Crippen molar-refractivity contribution in [2.24, 2.45) is 0 Å². The Morgan fingerprint density at radius 1 is 1.11 bits per heavy atom. The van der Waals surface area contributed by atoms with Gasteiger partial charge in [0.05, 0.1) is 12.1 Å². The first-order chi connectivity index (χ1) is 8.77. The van der Waals surface area contributed by atoms with E-state index in [1.165, 1.54) is 0 Å². The standard InChI is InChI=1S/C9H13FN8/c1-9(5-3-2-4-6-10,7-11-15-16-12-7)8-13-17-18-14-8/h2-3H,4-6H2,1H3,(H,11,12,15,16)(H,13,14,17,18). The van der Waals surface area contributed by atoms with Gasteiger partial charge in [-0.15, -0.1) is 10.2 Å². The Morgan fingerprint density at radius 3 is 2.17 bits per heavy atom. The summed E-state index contributed by atoms with van der Waals surface area (Å²) in [5, 5.41) is 27.4. The van der Waals surface area contributed by atoms with E-state index in [-0.39, 0.29) is 6.67 Å². The van der Waals surface area contributed by atoms with Crippen LogP contribution in [-0.4, -0.2) is 47.9 Å². The van der Waals surface area contributed by atoms with Crippen LogP contribution in [-0.2, 0) is 5.41 Å². The van der Waals surface area contributed by atoms with Crippen LogP contribution in [0.3, 0.4) is 0 Å². The molecule has 96 valence electrons.